The summed E-state index contributed by atoms with van der Waals surface area (Å²) in [5.74, 6) is 0.126. The molecule has 4 heteroatoms. The summed E-state index contributed by atoms with van der Waals surface area (Å²) in [6.07, 6.45) is 4.31. The van der Waals surface area contributed by atoms with Crippen molar-refractivity contribution in [1.29, 1.82) is 0 Å². The number of benzene rings is 1. The summed E-state index contributed by atoms with van der Waals surface area (Å²) in [4.78, 5) is 11.5. The lowest BCUT2D eigenvalue weighted by molar-refractivity contribution is -0.137. The van der Waals surface area contributed by atoms with Gasteiger partial charge in [0, 0.05) is 18.6 Å². The molecule has 0 aliphatic heterocycles. The summed E-state index contributed by atoms with van der Waals surface area (Å²) in [7, 11) is 0. The van der Waals surface area contributed by atoms with Gasteiger partial charge in [-0.25, -0.2) is 4.79 Å². The highest BCUT2D eigenvalue weighted by molar-refractivity contribution is 5.81. The van der Waals surface area contributed by atoms with Crippen LogP contribution in [0.3, 0.4) is 0 Å². The van der Waals surface area contributed by atoms with Crippen molar-refractivity contribution in [2.75, 3.05) is 19.8 Å². The second-order valence-corrected chi connectivity index (χ2v) is 6.40. The van der Waals surface area contributed by atoms with Crippen LogP contribution in [0, 0.1) is 17.3 Å². The standard InChI is InChI=1S/C19H26O4/c1-3-23-18(21)10-9-16(17-11-19(17,2)14-20)13-22-12-15-7-5-4-6-8-15/h4-10,16-17,20H,3,11-14H2,1-2H3/b10-9-/t16-,17+,19-/m1/s1. The maximum atomic E-state index is 11.5. The van der Waals surface area contributed by atoms with Gasteiger partial charge in [0.2, 0.25) is 0 Å². The van der Waals surface area contributed by atoms with E-state index in [2.05, 4.69) is 6.92 Å². The van der Waals surface area contributed by atoms with E-state index in [-0.39, 0.29) is 23.9 Å². The smallest absolute Gasteiger partial charge is 0.330 e. The molecule has 1 aromatic carbocycles. The predicted octanol–water partition coefficient (Wildman–Crippen LogP) is 2.96. The van der Waals surface area contributed by atoms with Gasteiger partial charge in [-0.2, -0.15) is 0 Å². The van der Waals surface area contributed by atoms with E-state index < -0.39 is 0 Å². The Labute approximate surface area is 138 Å². The van der Waals surface area contributed by atoms with Crippen LogP contribution in [0.25, 0.3) is 0 Å². The van der Waals surface area contributed by atoms with Gasteiger partial charge in [-0.3, -0.25) is 0 Å². The molecule has 1 saturated carbocycles. The summed E-state index contributed by atoms with van der Waals surface area (Å²) >= 11 is 0. The summed E-state index contributed by atoms with van der Waals surface area (Å²) in [5.41, 5.74) is 1.07. The Morgan fingerprint density at radius 3 is 2.78 bits per heavy atom. The van der Waals surface area contributed by atoms with Crippen molar-refractivity contribution in [3.8, 4) is 0 Å². The first-order valence-electron chi connectivity index (χ1n) is 8.16. The van der Waals surface area contributed by atoms with Gasteiger partial charge >= 0.3 is 5.97 Å². The van der Waals surface area contributed by atoms with Gasteiger partial charge in [-0.15, -0.1) is 0 Å². The average Bonchev–Trinajstić information content (AvgIpc) is 3.24. The quantitative estimate of drug-likeness (QED) is 0.562. The lowest BCUT2D eigenvalue weighted by atomic mass is 9.96. The minimum Gasteiger partial charge on any atom is -0.463 e. The lowest BCUT2D eigenvalue weighted by Crippen LogP contribution is -2.16. The van der Waals surface area contributed by atoms with Crippen LogP contribution in [-0.4, -0.2) is 30.9 Å². The van der Waals surface area contributed by atoms with Gasteiger partial charge in [0.1, 0.15) is 0 Å². The third-order valence-electron chi connectivity index (χ3n) is 4.49. The second-order valence-electron chi connectivity index (χ2n) is 6.40. The van der Waals surface area contributed by atoms with Crippen LogP contribution in [0.4, 0.5) is 0 Å². The highest BCUT2D eigenvalue weighted by atomic mass is 16.5. The molecule has 1 aliphatic rings. The lowest BCUT2D eigenvalue weighted by Gasteiger charge is -2.16. The van der Waals surface area contributed by atoms with E-state index in [1.165, 1.54) is 6.08 Å². The SMILES string of the molecule is CCOC(=O)/C=C\[C@H](COCc1ccccc1)[C@@H]1C[C@]1(C)CO. The number of aliphatic hydroxyl groups excluding tert-OH is 1. The number of carbonyl (C=O) groups is 1. The van der Waals surface area contributed by atoms with Crippen molar-refractivity contribution in [3.05, 3.63) is 48.0 Å². The number of hydrogen-bond donors (Lipinski definition) is 1. The zero-order chi connectivity index (χ0) is 16.7. The minimum atomic E-state index is -0.327. The molecule has 1 aromatic rings. The molecule has 126 valence electrons. The van der Waals surface area contributed by atoms with E-state index in [1.807, 2.05) is 36.4 Å². The van der Waals surface area contributed by atoms with Crippen molar-refractivity contribution >= 4 is 5.97 Å². The Morgan fingerprint density at radius 1 is 1.43 bits per heavy atom. The van der Waals surface area contributed by atoms with Crippen LogP contribution in [0.5, 0.6) is 0 Å². The highest BCUT2D eigenvalue weighted by Gasteiger charge is 2.52. The van der Waals surface area contributed by atoms with Gasteiger partial charge < -0.3 is 14.6 Å². The minimum absolute atomic E-state index is 0.0558. The first kappa shape index (κ1) is 17.7. The molecule has 0 bridgehead atoms. The Bertz CT molecular complexity index is 525. The average molecular weight is 318 g/mol. The number of rotatable bonds is 9. The van der Waals surface area contributed by atoms with Crippen LogP contribution in [0.1, 0.15) is 25.8 Å². The van der Waals surface area contributed by atoms with Crippen molar-refractivity contribution in [2.45, 2.75) is 26.9 Å². The van der Waals surface area contributed by atoms with Crippen molar-refractivity contribution in [1.82, 2.24) is 0 Å². The van der Waals surface area contributed by atoms with E-state index in [1.54, 1.807) is 6.92 Å². The number of hydrogen-bond acceptors (Lipinski definition) is 4. The molecule has 0 spiro atoms. The molecule has 0 heterocycles. The van der Waals surface area contributed by atoms with Gasteiger partial charge in [0.15, 0.2) is 0 Å². The summed E-state index contributed by atoms with van der Waals surface area (Å²) < 4.78 is 10.8. The van der Waals surface area contributed by atoms with Crippen molar-refractivity contribution < 1.29 is 19.4 Å². The van der Waals surface area contributed by atoms with E-state index in [9.17, 15) is 9.90 Å². The van der Waals surface area contributed by atoms with E-state index in [0.29, 0.717) is 25.7 Å². The van der Waals surface area contributed by atoms with E-state index in [4.69, 9.17) is 9.47 Å². The van der Waals surface area contributed by atoms with Crippen LogP contribution in [-0.2, 0) is 20.9 Å². The molecule has 23 heavy (non-hydrogen) atoms. The maximum Gasteiger partial charge on any atom is 0.330 e. The summed E-state index contributed by atoms with van der Waals surface area (Å²) in [6.45, 7) is 5.48. The highest BCUT2D eigenvalue weighted by Crippen LogP contribution is 2.56. The first-order valence-corrected chi connectivity index (χ1v) is 8.16. The second kappa shape index (κ2) is 8.27. The van der Waals surface area contributed by atoms with Crippen LogP contribution >= 0.6 is 0 Å². The van der Waals surface area contributed by atoms with Crippen molar-refractivity contribution in [2.24, 2.45) is 17.3 Å². The largest absolute Gasteiger partial charge is 0.463 e. The molecule has 1 fully saturated rings. The molecule has 0 saturated heterocycles. The number of aliphatic hydroxyl groups is 1. The molecule has 3 atom stereocenters. The zero-order valence-corrected chi connectivity index (χ0v) is 13.9. The maximum absolute atomic E-state index is 11.5. The van der Waals surface area contributed by atoms with E-state index >= 15 is 0 Å². The fourth-order valence-corrected chi connectivity index (χ4v) is 2.88. The van der Waals surface area contributed by atoms with Gasteiger partial charge in [-0.1, -0.05) is 43.3 Å². The molecule has 4 nitrogen and oxygen atoms in total. The Kier molecular flexibility index (Phi) is 6.37. The summed E-state index contributed by atoms with van der Waals surface area (Å²) in [5, 5.41) is 9.49. The Balaban J connectivity index is 1.90. The summed E-state index contributed by atoms with van der Waals surface area (Å²) in [6, 6.07) is 10.0. The van der Waals surface area contributed by atoms with Crippen LogP contribution < -0.4 is 0 Å². The fourth-order valence-electron chi connectivity index (χ4n) is 2.88. The van der Waals surface area contributed by atoms with Crippen LogP contribution in [0.2, 0.25) is 0 Å². The number of ether oxygens (including phenoxy) is 2. The molecule has 0 radical (unpaired) electrons. The van der Waals surface area contributed by atoms with Gasteiger partial charge in [0.25, 0.3) is 0 Å². The van der Waals surface area contributed by atoms with Crippen molar-refractivity contribution in [3.63, 3.8) is 0 Å². The Hall–Kier alpha value is -1.65. The molecule has 0 unspecified atom stereocenters. The monoisotopic (exact) mass is 318 g/mol. The Morgan fingerprint density at radius 2 is 2.17 bits per heavy atom. The third kappa shape index (κ3) is 5.19. The molecule has 1 N–H and O–H groups in total. The van der Waals surface area contributed by atoms with Gasteiger partial charge in [0.05, 0.1) is 19.8 Å². The number of carbonyl (C=O) groups excluding carboxylic acids is 1. The third-order valence-corrected chi connectivity index (χ3v) is 4.49. The predicted molar refractivity (Wildman–Crippen MR) is 88.7 cm³/mol. The number of esters is 1. The molecule has 0 amide bonds. The normalized spacial score (nSPS) is 24.6. The molecular formula is C19H26O4. The molecule has 2 rings (SSSR count). The molecular weight excluding hydrogens is 292 g/mol. The first-order chi connectivity index (χ1) is 11.1. The molecule has 0 aromatic heterocycles. The van der Waals surface area contributed by atoms with Gasteiger partial charge in [-0.05, 0) is 30.2 Å². The topological polar surface area (TPSA) is 55.8 Å². The fraction of sp³-hybridized carbons (Fsp3) is 0.526. The zero-order valence-electron chi connectivity index (χ0n) is 13.9. The molecule has 1 aliphatic carbocycles. The van der Waals surface area contributed by atoms with E-state index in [0.717, 1.165) is 12.0 Å². The van der Waals surface area contributed by atoms with Crippen LogP contribution in [0.15, 0.2) is 42.5 Å².